The van der Waals surface area contributed by atoms with Crippen LogP contribution in [0.5, 0.6) is 5.75 Å². The van der Waals surface area contributed by atoms with Gasteiger partial charge in [0.1, 0.15) is 11.8 Å². The molecule has 86 heavy (non-hydrogen) atoms. The fourth-order valence-electron chi connectivity index (χ4n) is 10.4. The maximum absolute atomic E-state index is 13.0. The number of urea groups is 1. The van der Waals surface area contributed by atoms with Gasteiger partial charge in [0.05, 0.1) is 76.1 Å². The monoisotopic (exact) mass is 1200 g/mol. The molecule has 0 aliphatic carbocycles. The molecule has 458 valence electrons. The number of nitrogens with zero attached hydrogens (tertiary/aromatic N) is 6. The van der Waals surface area contributed by atoms with Crippen LogP contribution >= 0.6 is 11.6 Å². The van der Waals surface area contributed by atoms with Crippen LogP contribution in [0.1, 0.15) is 78.4 Å². The van der Waals surface area contributed by atoms with Gasteiger partial charge in [-0.25, -0.2) is 14.8 Å². The first-order valence-electron chi connectivity index (χ1n) is 29.4. The normalized spacial score (nSPS) is 13.9. The van der Waals surface area contributed by atoms with E-state index in [1.165, 1.54) is 11.0 Å². The lowest BCUT2D eigenvalue weighted by Gasteiger charge is -2.29. The third-order valence-electron chi connectivity index (χ3n) is 15.1. The van der Waals surface area contributed by atoms with Gasteiger partial charge >= 0.3 is 6.03 Å². The fourth-order valence-corrected chi connectivity index (χ4v) is 10.7. The summed E-state index contributed by atoms with van der Waals surface area (Å²) in [6.07, 6.45) is 12.8. The van der Waals surface area contributed by atoms with Crippen LogP contribution in [0.3, 0.4) is 0 Å². The lowest BCUT2D eigenvalue weighted by molar-refractivity contribution is -0.137. The number of ether oxygens (including phenoxy) is 5. The van der Waals surface area contributed by atoms with Gasteiger partial charge in [0.15, 0.2) is 0 Å². The summed E-state index contributed by atoms with van der Waals surface area (Å²) in [7, 11) is 7.63. The molecule has 8 rings (SSSR count). The van der Waals surface area contributed by atoms with Gasteiger partial charge in [0.25, 0.3) is 5.91 Å². The number of carbonyl (C=O) groups is 5. The molecule has 1 unspecified atom stereocenters. The van der Waals surface area contributed by atoms with Crippen molar-refractivity contribution < 1.29 is 47.7 Å². The van der Waals surface area contributed by atoms with E-state index in [0.717, 1.165) is 103 Å². The molecule has 2 aromatic heterocycles. The standard InChI is InChI=1S/C64H80ClN11O10/c1-6-59(77)69-53-39-54(71-63-66-23-22-52(70-63)51-43-75(4)55-17-13-12-16-50(51)55)58(82-5)40-57(53)74(3)25-24-73(2)26-28-84-30-32-86-34-33-85-31-29-83-27-14-10-8-7-9-11-15-44-36-47(65)38-48(37-44)68-64(81)67-41-45-18-19-49-46(35-45)42-76(62(49)80)56-20-21-60(78)72-61(56)79/h6,12-13,16-19,22-23,35-40,43,56H,1,7-11,14-15,20-21,24-34,41-42H2,2-5H3,(H,69,77)(H,66,70,71)(H2,67,68,81)(H,72,78,79). The van der Waals surface area contributed by atoms with Crippen LogP contribution in [0.15, 0.2) is 104 Å². The van der Waals surface area contributed by atoms with E-state index in [-0.39, 0.29) is 43.3 Å². The van der Waals surface area contributed by atoms with Gasteiger partial charge in [-0.1, -0.05) is 74.2 Å². The van der Waals surface area contributed by atoms with E-state index in [9.17, 15) is 24.0 Å². The van der Waals surface area contributed by atoms with Crippen LogP contribution in [0, 0.1) is 0 Å². The van der Waals surface area contributed by atoms with E-state index < -0.39 is 11.9 Å². The Bertz CT molecular complexity index is 3300. The maximum Gasteiger partial charge on any atom is 0.319 e. The van der Waals surface area contributed by atoms with Crippen molar-refractivity contribution in [3.63, 3.8) is 0 Å². The SMILES string of the molecule is C=CC(=O)Nc1cc(Nc2nccc(-c3cn(C)c4ccccc34)n2)c(OC)cc1N(C)CCN(C)CCOCCOCCOCCOCCCCCCCCc1cc(Cl)cc(NC(=O)NCc2ccc3c(c2)CN(C2CCC(=O)NC2=O)C3=O)c1. The topological polar surface area (TPSA) is 232 Å². The number of piperidine rings is 1. The molecule has 0 saturated carbocycles. The van der Waals surface area contributed by atoms with Gasteiger partial charge in [-0.2, -0.15) is 0 Å². The van der Waals surface area contributed by atoms with E-state index in [1.54, 1.807) is 31.5 Å². The number of hydrogen-bond donors (Lipinski definition) is 5. The minimum Gasteiger partial charge on any atom is -0.494 e. The highest BCUT2D eigenvalue weighted by atomic mass is 35.5. The first-order valence-corrected chi connectivity index (χ1v) is 29.8. The van der Waals surface area contributed by atoms with Crippen LogP contribution in [0.25, 0.3) is 22.2 Å². The molecule has 1 saturated heterocycles. The Morgan fingerprint density at radius 1 is 0.791 bits per heavy atom. The number of hydrogen-bond acceptors (Lipinski definition) is 15. The number of para-hydroxylation sites is 1. The first kappa shape index (κ1) is 64.1. The zero-order valence-corrected chi connectivity index (χ0v) is 50.5. The number of imide groups is 1. The Morgan fingerprint density at radius 2 is 1.52 bits per heavy atom. The molecule has 2 aliphatic heterocycles. The maximum atomic E-state index is 13.0. The number of fused-ring (bicyclic) bond motifs is 2. The van der Waals surface area contributed by atoms with Gasteiger partial charge in [0, 0.05) is 111 Å². The summed E-state index contributed by atoms with van der Waals surface area (Å²) in [5, 5.41) is 16.0. The van der Waals surface area contributed by atoms with Crippen molar-refractivity contribution in [2.45, 2.75) is 76.9 Å². The Kier molecular flexibility index (Phi) is 24.3. The zero-order valence-electron chi connectivity index (χ0n) is 49.7. The molecule has 22 heteroatoms. The van der Waals surface area contributed by atoms with E-state index >= 15 is 0 Å². The number of anilines is 5. The van der Waals surface area contributed by atoms with Gasteiger partial charge in [0.2, 0.25) is 23.7 Å². The molecule has 0 radical (unpaired) electrons. The summed E-state index contributed by atoms with van der Waals surface area (Å²) in [5.74, 6) is -0.415. The molecule has 6 amide bonds. The highest BCUT2D eigenvalue weighted by Crippen LogP contribution is 2.39. The second kappa shape index (κ2) is 32.5. The number of carbonyl (C=O) groups excluding carboxylic acids is 5. The number of nitrogens with one attached hydrogen (secondary N) is 5. The summed E-state index contributed by atoms with van der Waals surface area (Å²) in [6.45, 7) is 10.5. The Balaban J connectivity index is 0.614. The van der Waals surface area contributed by atoms with E-state index in [4.69, 9.17) is 40.3 Å². The number of unbranched alkanes of at least 4 members (excludes halogenated alkanes) is 5. The number of aryl methyl sites for hydroxylation is 2. The highest BCUT2D eigenvalue weighted by Gasteiger charge is 2.39. The second-order valence-corrected chi connectivity index (χ2v) is 21.9. The quantitative estimate of drug-likeness (QED) is 0.0142. The van der Waals surface area contributed by atoms with Gasteiger partial charge in [-0.3, -0.25) is 24.5 Å². The lowest BCUT2D eigenvalue weighted by Crippen LogP contribution is -2.52. The summed E-state index contributed by atoms with van der Waals surface area (Å²) in [4.78, 5) is 77.6. The zero-order chi connectivity index (χ0) is 60.8. The Labute approximate surface area is 508 Å². The van der Waals surface area contributed by atoms with Crippen LogP contribution in [0.4, 0.5) is 33.5 Å². The summed E-state index contributed by atoms with van der Waals surface area (Å²) in [5.41, 5.74) is 8.58. The molecule has 0 bridgehead atoms. The minimum atomic E-state index is -0.680. The average molecular weight is 1200 g/mol. The Morgan fingerprint density at radius 3 is 2.28 bits per heavy atom. The lowest BCUT2D eigenvalue weighted by atomic mass is 10.0. The van der Waals surface area contributed by atoms with Crippen molar-refractivity contribution in [3.8, 4) is 17.0 Å². The number of methoxy groups -OCH3 is 1. The van der Waals surface area contributed by atoms with Gasteiger partial charge < -0.3 is 64.2 Å². The van der Waals surface area contributed by atoms with E-state index in [2.05, 4.69) is 70.8 Å². The molecule has 5 N–H and O–H groups in total. The predicted molar refractivity (Wildman–Crippen MR) is 334 cm³/mol. The molecule has 4 heterocycles. The molecular formula is C64H80ClN11O10. The molecule has 4 aromatic carbocycles. The number of aromatic nitrogens is 3. The van der Waals surface area contributed by atoms with Crippen molar-refractivity contribution >= 4 is 80.9 Å². The molecular weight excluding hydrogens is 1120 g/mol. The van der Waals surface area contributed by atoms with Crippen molar-refractivity contribution in [3.05, 3.63) is 131 Å². The molecule has 1 fully saturated rings. The number of benzene rings is 4. The third kappa shape index (κ3) is 18.5. The Hall–Kier alpha value is -7.92. The van der Waals surface area contributed by atoms with Crippen LogP contribution < -0.4 is 36.2 Å². The van der Waals surface area contributed by atoms with Gasteiger partial charge in [-0.15, -0.1) is 0 Å². The molecule has 1 atom stereocenters. The van der Waals surface area contributed by atoms with Crippen molar-refractivity contribution in [1.82, 2.24) is 35.0 Å². The smallest absolute Gasteiger partial charge is 0.319 e. The summed E-state index contributed by atoms with van der Waals surface area (Å²) in [6, 6.07) is 23.7. The molecule has 21 nitrogen and oxygen atoms in total. The number of halogens is 1. The van der Waals surface area contributed by atoms with Crippen molar-refractivity contribution in [2.75, 3.05) is 115 Å². The molecule has 0 spiro atoms. The van der Waals surface area contributed by atoms with Crippen molar-refractivity contribution in [1.29, 1.82) is 0 Å². The second-order valence-electron chi connectivity index (χ2n) is 21.4. The van der Waals surface area contributed by atoms with Crippen LogP contribution in [-0.4, -0.2) is 154 Å². The van der Waals surface area contributed by atoms with Gasteiger partial charge in [-0.05, 0) is 98.0 Å². The van der Waals surface area contributed by atoms with E-state index in [1.807, 2.05) is 69.7 Å². The number of amides is 6. The summed E-state index contributed by atoms with van der Waals surface area (Å²) < 4.78 is 30.9. The largest absolute Gasteiger partial charge is 0.494 e. The summed E-state index contributed by atoms with van der Waals surface area (Å²) >= 11 is 6.44. The van der Waals surface area contributed by atoms with Crippen molar-refractivity contribution in [2.24, 2.45) is 7.05 Å². The predicted octanol–water partition coefficient (Wildman–Crippen LogP) is 9.27. The number of rotatable bonds is 35. The third-order valence-corrected chi connectivity index (χ3v) is 15.3. The first-order chi connectivity index (χ1) is 41.8. The van der Waals surface area contributed by atoms with Crippen LogP contribution in [0.2, 0.25) is 5.02 Å². The van der Waals surface area contributed by atoms with E-state index in [0.29, 0.717) is 105 Å². The number of likely N-dealkylation sites (N-methyl/N-ethyl adjacent to an activating group) is 2. The van der Waals surface area contributed by atoms with Crippen LogP contribution in [-0.2, 0) is 59.9 Å². The molecule has 6 aromatic rings. The minimum absolute atomic E-state index is 0.195. The fraction of sp³-hybridized carbons (Fsp3) is 0.422. The molecule has 2 aliphatic rings. The highest BCUT2D eigenvalue weighted by molar-refractivity contribution is 6.31. The average Bonchev–Trinajstić information content (AvgIpc) is 3.63.